The molecule has 0 spiro atoms. The second-order valence-corrected chi connectivity index (χ2v) is 1.92. The van der Waals surface area contributed by atoms with E-state index in [1.54, 1.807) is 12.1 Å². The fourth-order valence-electron chi connectivity index (χ4n) is 0.659. The third-order valence-corrected chi connectivity index (χ3v) is 1.17. The van der Waals surface area contributed by atoms with Crippen LogP contribution < -0.4 is 4.73 Å². The van der Waals surface area contributed by atoms with E-state index >= 15 is 0 Å². The van der Waals surface area contributed by atoms with E-state index in [9.17, 15) is 0 Å². The molecule has 0 atom stereocenters. The Labute approximate surface area is 58.7 Å². The van der Waals surface area contributed by atoms with Crippen LogP contribution in [0.5, 0.6) is 0 Å². The Hall–Kier alpha value is -1.56. The lowest BCUT2D eigenvalue weighted by atomic mass is 10.2. The van der Waals surface area contributed by atoms with Gasteiger partial charge in [-0.2, -0.15) is 5.26 Å². The number of rotatable bonds is 1. The molecule has 0 aliphatic heterocycles. The molecule has 3 nitrogen and oxygen atoms in total. The molecule has 0 aromatic carbocycles. The molecular formula is C7H7N2O+. The van der Waals surface area contributed by atoms with Crippen molar-refractivity contribution >= 4 is 0 Å². The van der Waals surface area contributed by atoms with E-state index < -0.39 is 0 Å². The maximum Gasteiger partial charge on any atom is 0.222 e. The van der Waals surface area contributed by atoms with Crippen LogP contribution in [0.1, 0.15) is 5.56 Å². The highest BCUT2D eigenvalue weighted by molar-refractivity contribution is 5.11. The predicted octanol–water partition coefficient (Wildman–Crippen LogP) is 0.277. The summed E-state index contributed by atoms with van der Waals surface area (Å²) in [5, 5.41) is 17.0. The SMILES string of the molecule is N#CCc1cc[n+](O)cc1. The van der Waals surface area contributed by atoms with Gasteiger partial charge >= 0.3 is 0 Å². The Morgan fingerprint density at radius 3 is 2.60 bits per heavy atom. The first-order valence-electron chi connectivity index (χ1n) is 2.89. The highest BCUT2D eigenvalue weighted by atomic mass is 16.5. The molecule has 0 radical (unpaired) electrons. The van der Waals surface area contributed by atoms with Gasteiger partial charge in [0.05, 0.1) is 12.5 Å². The quantitative estimate of drug-likeness (QED) is 0.444. The van der Waals surface area contributed by atoms with Crippen molar-refractivity contribution in [3.05, 3.63) is 30.1 Å². The van der Waals surface area contributed by atoms with Crippen LogP contribution in [0.3, 0.4) is 0 Å². The first-order valence-corrected chi connectivity index (χ1v) is 2.89. The highest BCUT2D eigenvalue weighted by Gasteiger charge is 1.95. The second-order valence-electron chi connectivity index (χ2n) is 1.92. The van der Waals surface area contributed by atoms with Crippen LogP contribution in [0.2, 0.25) is 0 Å². The molecule has 1 rings (SSSR count). The summed E-state index contributed by atoms with van der Waals surface area (Å²) in [6.07, 6.45) is 3.38. The van der Waals surface area contributed by atoms with Crippen LogP contribution in [-0.4, -0.2) is 5.21 Å². The fourth-order valence-corrected chi connectivity index (χ4v) is 0.659. The summed E-state index contributed by atoms with van der Waals surface area (Å²) in [6.45, 7) is 0. The van der Waals surface area contributed by atoms with Gasteiger partial charge < -0.3 is 0 Å². The lowest BCUT2D eigenvalue weighted by Gasteiger charge is -1.86. The molecule has 1 N–H and O–H groups in total. The summed E-state index contributed by atoms with van der Waals surface area (Å²) >= 11 is 0. The van der Waals surface area contributed by atoms with Crippen molar-refractivity contribution in [2.24, 2.45) is 0 Å². The average Bonchev–Trinajstić information content (AvgIpc) is 1.95. The minimum Gasteiger partial charge on any atom is -0.285 e. The van der Waals surface area contributed by atoms with E-state index in [4.69, 9.17) is 10.5 Å². The molecule has 0 aliphatic carbocycles. The van der Waals surface area contributed by atoms with Gasteiger partial charge in [0.15, 0.2) is 0 Å². The molecule has 0 amide bonds. The number of nitriles is 1. The van der Waals surface area contributed by atoms with E-state index in [1.807, 2.05) is 6.07 Å². The number of aromatic nitrogens is 1. The van der Waals surface area contributed by atoms with Crippen molar-refractivity contribution in [2.45, 2.75) is 6.42 Å². The van der Waals surface area contributed by atoms with Crippen LogP contribution >= 0.6 is 0 Å². The summed E-state index contributed by atoms with van der Waals surface area (Å²) in [7, 11) is 0. The van der Waals surface area contributed by atoms with Gasteiger partial charge in [0.1, 0.15) is 0 Å². The third-order valence-electron chi connectivity index (χ3n) is 1.17. The van der Waals surface area contributed by atoms with E-state index in [1.165, 1.54) is 12.4 Å². The molecule has 10 heavy (non-hydrogen) atoms. The van der Waals surface area contributed by atoms with Gasteiger partial charge in [0.25, 0.3) is 0 Å². The molecular weight excluding hydrogens is 128 g/mol. The van der Waals surface area contributed by atoms with Crippen LogP contribution in [0.15, 0.2) is 24.5 Å². The predicted molar refractivity (Wildman–Crippen MR) is 33.1 cm³/mol. The molecule has 0 saturated carbocycles. The van der Waals surface area contributed by atoms with Gasteiger partial charge in [-0.3, -0.25) is 5.21 Å². The monoisotopic (exact) mass is 135 g/mol. The van der Waals surface area contributed by atoms with E-state index in [-0.39, 0.29) is 0 Å². The first-order chi connectivity index (χ1) is 4.83. The molecule has 3 heteroatoms. The number of pyridine rings is 1. The molecule has 1 aromatic rings. The van der Waals surface area contributed by atoms with Gasteiger partial charge in [-0.1, -0.05) is 0 Å². The largest absolute Gasteiger partial charge is 0.285 e. The minimum atomic E-state index is 0.390. The molecule has 50 valence electrons. The fraction of sp³-hybridized carbons (Fsp3) is 0.143. The molecule has 0 saturated heterocycles. The summed E-state index contributed by atoms with van der Waals surface area (Å²) in [4.78, 5) is 0. The molecule has 1 heterocycles. The van der Waals surface area contributed by atoms with Crippen LogP contribution in [0.4, 0.5) is 0 Å². The maximum absolute atomic E-state index is 8.76. The van der Waals surface area contributed by atoms with Gasteiger partial charge in [0, 0.05) is 16.9 Å². The van der Waals surface area contributed by atoms with Gasteiger partial charge in [-0.05, 0) is 5.56 Å². The first kappa shape index (κ1) is 6.56. The second kappa shape index (κ2) is 2.83. The molecule has 0 fully saturated rings. The van der Waals surface area contributed by atoms with Crippen molar-refractivity contribution in [3.63, 3.8) is 0 Å². The molecule has 1 aromatic heterocycles. The van der Waals surface area contributed by atoms with E-state index in [0.29, 0.717) is 6.42 Å². The Morgan fingerprint density at radius 1 is 1.50 bits per heavy atom. The van der Waals surface area contributed by atoms with Crippen molar-refractivity contribution in [1.29, 1.82) is 5.26 Å². The normalized spacial score (nSPS) is 8.70. The lowest BCUT2D eigenvalue weighted by Crippen LogP contribution is -2.27. The zero-order valence-electron chi connectivity index (χ0n) is 5.36. The van der Waals surface area contributed by atoms with E-state index in [2.05, 4.69) is 0 Å². The van der Waals surface area contributed by atoms with Crippen molar-refractivity contribution in [3.8, 4) is 6.07 Å². The summed E-state index contributed by atoms with van der Waals surface area (Å²) in [5.74, 6) is 0. The molecule has 0 unspecified atom stereocenters. The zero-order valence-corrected chi connectivity index (χ0v) is 5.36. The topological polar surface area (TPSA) is 47.9 Å². The third kappa shape index (κ3) is 1.46. The van der Waals surface area contributed by atoms with Crippen molar-refractivity contribution in [2.75, 3.05) is 0 Å². The maximum atomic E-state index is 8.76. The van der Waals surface area contributed by atoms with Crippen molar-refractivity contribution < 1.29 is 9.94 Å². The number of nitrogens with zero attached hydrogens (tertiary/aromatic N) is 2. The Bertz CT molecular complexity index is 247. The van der Waals surface area contributed by atoms with E-state index in [0.717, 1.165) is 10.3 Å². The van der Waals surface area contributed by atoms with Crippen LogP contribution in [0, 0.1) is 11.3 Å². The Kier molecular flexibility index (Phi) is 1.86. The summed E-state index contributed by atoms with van der Waals surface area (Å²) < 4.78 is 0.945. The minimum absolute atomic E-state index is 0.390. The Morgan fingerprint density at radius 2 is 2.10 bits per heavy atom. The average molecular weight is 135 g/mol. The Balaban J connectivity index is 2.81. The molecule has 0 aliphatic rings. The highest BCUT2D eigenvalue weighted by Crippen LogP contribution is 1.93. The molecule has 0 bridgehead atoms. The lowest BCUT2D eigenvalue weighted by molar-refractivity contribution is -0.904. The zero-order chi connectivity index (χ0) is 7.40. The standard InChI is InChI=1S/C7H7N2O/c8-4-1-7-2-5-9(10)6-3-7/h2-3,5-6,10H,1H2/q+1. The number of hydrogen-bond donors (Lipinski definition) is 1. The van der Waals surface area contributed by atoms with Gasteiger partial charge in [-0.15, -0.1) is 0 Å². The smallest absolute Gasteiger partial charge is 0.222 e. The van der Waals surface area contributed by atoms with Crippen LogP contribution in [-0.2, 0) is 6.42 Å². The van der Waals surface area contributed by atoms with Crippen LogP contribution in [0.25, 0.3) is 0 Å². The summed E-state index contributed by atoms with van der Waals surface area (Å²) in [5.41, 5.74) is 0.910. The van der Waals surface area contributed by atoms with Gasteiger partial charge in [0.2, 0.25) is 12.4 Å². The number of hydrogen-bond acceptors (Lipinski definition) is 2. The van der Waals surface area contributed by atoms with Crippen molar-refractivity contribution in [1.82, 2.24) is 0 Å². The summed E-state index contributed by atoms with van der Waals surface area (Å²) in [6, 6.07) is 5.41. The van der Waals surface area contributed by atoms with Gasteiger partial charge in [-0.25, -0.2) is 0 Å².